The van der Waals surface area contributed by atoms with Crippen molar-refractivity contribution in [2.24, 2.45) is 0 Å². The zero-order chi connectivity index (χ0) is 11.3. The first-order chi connectivity index (χ1) is 7.66. The highest BCUT2D eigenvalue weighted by atomic mass is 16.4. The zero-order valence-electron chi connectivity index (χ0n) is 8.55. The third-order valence-electron chi connectivity index (χ3n) is 2.82. The normalized spacial score (nSPS) is 15.5. The van der Waals surface area contributed by atoms with E-state index in [-0.39, 0.29) is 5.82 Å². The number of anilines is 1. The largest absolute Gasteiger partial charge is 0.475 e. The summed E-state index contributed by atoms with van der Waals surface area (Å²) in [6.07, 6.45) is 2.05. The molecule has 0 spiro atoms. The van der Waals surface area contributed by atoms with Crippen molar-refractivity contribution >= 4 is 22.7 Å². The second kappa shape index (κ2) is 2.98. The molecule has 0 unspecified atom stereocenters. The van der Waals surface area contributed by atoms with Crippen LogP contribution < -0.4 is 5.73 Å². The molecule has 1 fully saturated rings. The van der Waals surface area contributed by atoms with Crippen molar-refractivity contribution < 1.29 is 9.90 Å². The van der Waals surface area contributed by atoms with Crippen LogP contribution in [0.1, 0.15) is 29.5 Å². The predicted molar refractivity (Wildman–Crippen MR) is 59.4 cm³/mol. The molecule has 3 rings (SSSR count). The van der Waals surface area contributed by atoms with E-state index in [1.54, 1.807) is 16.7 Å². The molecule has 2 aromatic rings. The van der Waals surface area contributed by atoms with Crippen molar-refractivity contribution in [3.05, 3.63) is 24.0 Å². The van der Waals surface area contributed by atoms with Crippen LogP contribution in [0, 0.1) is 0 Å². The third-order valence-corrected chi connectivity index (χ3v) is 2.82. The second-order valence-corrected chi connectivity index (χ2v) is 4.09. The Kier molecular flexibility index (Phi) is 1.71. The molecule has 1 saturated carbocycles. The number of nitrogens with two attached hydrogens (primary N) is 1. The van der Waals surface area contributed by atoms with Gasteiger partial charge in [0.05, 0.1) is 11.0 Å². The van der Waals surface area contributed by atoms with Gasteiger partial charge in [0.15, 0.2) is 0 Å². The van der Waals surface area contributed by atoms with Gasteiger partial charge < -0.3 is 15.4 Å². The summed E-state index contributed by atoms with van der Waals surface area (Å²) >= 11 is 0. The van der Waals surface area contributed by atoms with Crippen molar-refractivity contribution in [2.45, 2.75) is 18.9 Å². The average Bonchev–Trinajstić information content (AvgIpc) is 2.99. The van der Waals surface area contributed by atoms with Gasteiger partial charge >= 0.3 is 5.97 Å². The molecular weight excluding hydrogens is 206 g/mol. The van der Waals surface area contributed by atoms with Gasteiger partial charge in [0.1, 0.15) is 0 Å². The molecule has 1 aromatic heterocycles. The van der Waals surface area contributed by atoms with Gasteiger partial charge in [0.2, 0.25) is 5.82 Å². The van der Waals surface area contributed by atoms with Gasteiger partial charge in [-0.25, -0.2) is 9.78 Å². The fraction of sp³-hybridized carbons (Fsp3) is 0.273. The Bertz CT molecular complexity index is 584. The molecule has 0 aliphatic heterocycles. The second-order valence-electron chi connectivity index (χ2n) is 4.09. The first-order valence-corrected chi connectivity index (χ1v) is 5.17. The number of aromatic nitrogens is 2. The maximum Gasteiger partial charge on any atom is 0.372 e. The first-order valence-electron chi connectivity index (χ1n) is 5.17. The number of fused-ring (bicyclic) bond motifs is 1. The predicted octanol–water partition coefficient (Wildman–Crippen LogP) is 1.65. The van der Waals surface area contributed by atoms with E-state index >= 15 is 0 Å². The number of rotatable bonds is 2. The topological polar surface area (TPSA) is 81.1 Å². The lowest BCUT2D eigenvalue weighted by Crippen LogP contribution is -2.08. The van der Waals surface area contributed by atoms with Crippen LogP contribution in [0.4, 0.5) is 5.69 Å². The highest BCUT2D eigenvalue weighted by Crippen LogP contribution is 2.38. The van der Waals surface area contributed by atoms with Gasteiger partial charge in [0, 0.05) is 11.7 Å². The molecule has 3 N–H and O–H groups in total. The SMILES string of the molecule is Nc1ccc2c(c1)nc(C(=O)O)n2C1CC1. The smallest absolute Gasteiger partial charge is 0.372 e. The minimum Gasteiger partial charge on any atom is -0.475 e. The molecule has 0 saturated heterocycles. The summed E-state index contributed by atoms with van der Waals surface area (Å²) in [7, 11) is 0. The van der Waals surface area contributed by atoms with E-state index in [1.807, 2.05) is 6.07 Å². The van der Waals surface area contributed by atoms with Gasteiger partial charge in [-0.2, -0.15) is 0 Å². The number of nitrogens with zero attached hydrogens (tertiary/aromatic N) is 2. The van der Waals surface area contributed by atoms with Gasteiger partial charge in [0.25, 0.3) is 0 Å². The van der Waals surface area contributed by atoms with E-state index in [9.17, 15) is 4.79 Å². The summed E-state index contributed by atoms with van der Waals surface area (Å²) in [6.45, 7) is 0. The number of nitrogen functional groups attached to an aromatic ring is 1. The lowest BCUT2D eigenvalue weighted by atomic mass is 10.3. The molecule has 82 valence electrons. The fourth-order valence-corrected chi connectivity index (χ4v) is 1.97. The van der Waals surface area contributed by atoms with E-state index < -0.39 is 5.97 Å². The molecular formula is C11H11N3O2. The summed E-state index contributed by atoms with van der Waals surface area (Å²) in [5.41, 5.74) is 7.77. The van der Waals surface area contributed by atoms with Crippen LogP contribution in [-0.4, -0.2) is 20.6 Å². The highest BCUT2D eigenvalue weighted by molar-refractivity contribution is 5.91. The Morgan fingerprint density at radius 3 is 2.88 bits per heavy atom. The van der Waals surface area contributed by atoms with E-state index in [0.29, 0.717) is 17.2 Å². The maximum atomic E-state index is 11.1. The molecule has 1 heterocycles. The van der Waals surface area contributed by atoms with E-state index in [2.05, 4.69) is 4.98 Å². The number of imidazole rings is 1. The summed E-state index contributed by atoms with van der Waals surface area (Å²) in [6, 6.07) is 5.61. The third kappa shape index (κ3) is 1.25. The Balaban J connectivity index is 2.32. The molecule has 1 aliphatic carbocycles. The van der Waals surface area contributed by atoms with Gasteiger partial charge in [-0.3, -0.25) is 0 Å². The van der Waals surface area contributed by atoms with Crippen LogP contribution in [0.5, 0.6) is 0 Å². The number of carboxylic acids is 1. The molecule has 16 heavy (non-hydrogen) atoms. The number of hydrogen-bond acceptors (Lipinski definition) is 3. The van der Waals surface area contributed by atoms with E-state index in [0.717, 1.165) is 18.4 Å². The van der Waals surface area contributed by atoms with Crippen molar-refractivity contribution in [3.63, 3.8) is 0 Å². The van der Waals surface area contributed by atoms with Crippen LogP contribution in [0.3, 0.4) is 0 Å². The minimum absolute atomic E-state index is 0.114. The maximum absolute atomic E-state index is 11.1. The van der Waals surface area contributed by atoms with Crippen LogP contribution in [-0.2, 0) is 0 Å². The summed E-state index contributed by atoms with van der Waals surface area (Å²) in [4.78, 5) is 15.2. The molecule has 5 heteroatoms. The van der Waals surface area contributed by atoms with Gasteiger partial charge in [-0.1, -0.05) is 0 Å². The van der Waals surface area contributed by atoms with Crippen molar-refractivity contribution in [3.8, 4) is 0 Å². The van der Waals surface area contributed by atoms with Crippen molar-refractivity contribution in [1.29, 1.82) is 0 Å². The van der Waals surface area contributed by atoms with Crippen molar-refractivity contribution in [2.75, 3.05) is 5.73 Å². The Morgan fingerprint density at radius 2 is 2.25 bits per heavy atom. The minimum atomic E-state index is -0.985. The average molecular weight is 217 g/mol. The lowest BCUT2D eigenvalue weighted by Gasteiger charge is -2.03. The first kappa shape index (κ1) is 9.21. The molecule has 1 aromatic carbocycles. The Morgan fingerprint density at radius 1 is 1.50 bits per heavy atom. The number of carboxylic acid groups (broad SMARTS) is 1. The van der Waals surface area contributed by atoms with Crippen molar-refractivity contribution in [1.82, 2.24) is 9.55 Å². The lowest BCUT2D eigenvalue weighted by molar-refractivity contribution is 0.0678. The molecule has 1 aliphatic rings. The number of hydrogen-bond donors (Lipinski definition) is 2. The fourth-order valence-electron chi connectivity index (χ4n) is 1.97. The number of benzene rings is 1. The Hall–Kier alpha value is -2.04. The number of aromatic carboxylic acids is 1. The van der Waals surface area contributed by atoms with Crippen LogP contribution in [0.15, 0.2) is 18.2 Å². The molecule has 0 amide bonds. The zero-order valence-corrected chi connectivity index (χ0v) is 8.55. The standard InChI is InChI=1S/C11H11N3O2/c12-6-1-4-9-8(5-6)13-10(11(15)16)14(9)7-2-3-7/h1,4-5,7H,2-3,12H2,(H,15,16). The quantitative estimate of drug-likeness (QED) is 0.749. The summed E-state index contributed by atoms with van der Waals surface area (Å²) in [5, 5.41) is 9.10. The Labute approximate surface area is 91.5 Å². The molecule has 0 atom stereocenters. The van der Waals surface area contributed by atoms with E-state index in [4.69, 9.17) is 10.8 Å². The van der Waals surface area contributed by atoms with Crippen LogP contribution in [0.2, 0.25) is 0 Å². The summed E-state index contributed by atoms with van der Waals surface area (Å²) < 4.78 is 1.80. The number of carbonyl (C=O) groups is 1. The molecule has 0 radical (unpaired) electrons. The van der Waals surface area contributed by atoms with E-state index in [1.165, 1.54) is 0 Å². The van der Waals surface area contributed by atoms with Gasteiger partial charge in [-0.15, -0.1) is 0 Å². The monoisotopic (exact) mass is 217 g/mol. The molecule has 0 bridgehead atoms. The van der Waals surface area contributed by atoms with Crippen LogP contribution in [0.25, 0.3) is 11.0 Å². The van der Waals surface area contributed by atoms with Gasteiger partial charge in [-0.05, 0) is 31.0 Å². The summed E-state index contributed by atoms with van der Waals surface area (Å²) in [5.74, 6) is -0.871. The highest BCUT2D eigenvalue weighted by Gasteiger charge is 2.30. The van der Waals surface area contributed by atoms with Crippen LogP contribution >= 0.6 is 0 Å². The molecule has 5 nitrogen and oxygen atoms in total.